The molecule has 1 saturated carbocycles. The maximum Gasteiger partial charge on any atom is 0.458 e. The van der Waals surface area contributed by atoms with Gasteiger partial charge in [0.05, 0.1) is 21.9 Å². The van der Waals surface area contributed by atoms with Gasteiger partial charge in [-0.15, -0.1) is 0 Å². The van der Waals surface area contributed by atoms with Gasteiger partial charge in [-0.2, -0.15) is 35.1 Å². The summed E-state index contributed by atoms with van der Waals surface area (Å²) >= 11 is 5.93. The second kappa shape index (κ2) is 14.0. The fourth-order valence-electron chi connectivity index (χ4n) is 2.79. The van der Waals surface area contributed by atoms with Crippen LogP contribution in [0.15, 0.2) is 41.6 Å². The Morgan fingerprint density at radius 3 is 1.87 bits per heavy atom. The average Bonchev–Trinajstić information content (AvgIpc) is 3.55. The lowest BCUT2D eigenvalue weighted by Gasteiger charge is -2.28. The van der Waals surface area contributed by atoms with E-state index in [1.165, 1.54) is 6.42 Å². The number of aryl methyl sites for hydroxylation is 1. The van der Waals surface area contributed by atoms with Crippen LogP contribution >= 0.6 is 11.6 Å². The zero-order valence-electron chi connectivity index (χ0n) is 21.8. The molecule has 13 heteroatoms. The number of nitrogens with zero attached hydrogens (tertiary/aromatic N) is 1. The number of halogens is 9. The number of benzene rings is 1. The van der Waals surface area contributed by atoms with Crippen molar-refractivity contribution >= 4 is 23.3 Å². The first-order valence-electron chi connectivity index (χ1n) is 11.3. The fraction of sp³-hybridized carbons (Fsp3) is 0.520. The van der Waals surface area contributed by atoms with E-state index in [1.807, 2.05) is 19.1 Å². The molecule has 0 aliphatic heterocycles. The van der Waals surface area contributed by atoms with Crippen LogP contribution in [0.4, 0.5) is 35.1 Å². The maximum absolute atomic E-state index is 13.1. The molecule has 38 heavy (non-hydrogen) atoms. The monoisotopic (exact) mass is 578 g/mol. The minimum Gasteiger partial charge on any atom is -0.374 e. The highest BCUT2D eigenvalue weighted by molar-refractivity contribution is 6.33. The van der Waals surface area contributed by atoms with Gasteiger partial charge in [-0.3, -0.25) is 9.59 Å². The summed E-state index contributed by atoms with van der Waals surface area (Å²) in [7, 11) is 1.81. The topological polar surface area (TPSA) is 49.4 Å². The van der Waals surface area contributed by atoms with Gasteiger partial charge in [0.15, 0.2) is 5.78 Å². The fourth-order valence-corrected chi connectivity index (χ4v) is 3.00. The van der Waals surface area contributed by atoms with Gasteiger partial charge in [0, 0.05) is 32.6 Å². The van der Waals surface area contributed by atoms with Gasteiger partial charge in [-0.1, -0.05) is 50.1 Å². The highest BCUT2D eigenvalue weighted by atomic mass is 35.5. The Kier molecular flexibility index (Phi) is 13.0. The van der Waals surface area contributed by atoms with E-state index in [0.717, 1.165) is 32.5 Å². The second-order valence-electron chi connectivity index (χ2n) is 8.66. The standard InChI is InChI=1S/C11H12ClNO.C11H11F8NO.C3H8/c1-7-2-5-10(12)9(6-7)11(14)13-8-3-4-8;1-5(9(12,13)11(17,18)19)7(10(14,15)16)8(6(2)21)20(3)4;1-3-2/h2,5-6,8H,3-4H2,1H3,(H,13,14);1H2,2-4H3;3H2,1-2H3/b;8-7+;. The smallest absolute Gasteiger partial charge is 0.374 e. The number of ketones is 1. The van der Waals surface area contributed by atoms with Crippen LogP contribution in [0.1, 0.15) is 56.0 Å². The second-order valence-corrected chi connectivity index (χ2v) is 9.07. The molecule has 0 aromatic heterocycles. The van der Waals surface area contributed by atoms with Gasteiger partial charge in [0.2, 0.25) is 0 Å². The lowest BCUT2D eigenvalue weighted by Crippen LogP contribution is -2.41. The molecule has 1 N–H and O–H groups in total. The summed E-state index contributed by atoms with van der Waals surface area (Å²) in [6.07, 6.45) is -8.45. The molecule has 0 heterocycles. The Hall–Kier alpha value is -2.63. The molecule has 1 aromatic carbocycles. The van der Waals surface area contributed by atoms with Crippen LogP contribution in [0.2, 0.25) is 5.02 Å². The number of hydrogen-bond acceptors (Lipinski definition) is 3. The van der Waals surface area contributed by atoms with Gasteiger partial charge in [-0.05, 0) is 31.9 Å². The first kappa shape index (κ1) is 35.4. The van der Waals surface area contributed by atoms with Crippen molar-refractivity contribution in [1.82, 2.24) is 10.2 Å². The molecular weight excluding hydrogens is 548 g/mol. The quantitative estimate of drug-likeness (QED) is 0.214. The Morgan fingerprint density at radius 2 is 1.53 bits per heavy atom. The third-order valence-electron chi connectivity index (χ3n) is 4.62. The molecule has 1 aromatic rings. The number of nitrogens with one attached hydrogen (secondary N) is 1. The molecule has 2 rings (SSSR count). The molecule has 1 aliphatic rings. The highest BCUT2D eigenvalue weighted by Crippen LogP contribution is 2.47. The van der Waals surface area contributed by atoms with E-state index in [-0.39, 0.29) is 5.91 Å². The van der Waals surface area contributed by atoms with E-state index < -0.39 is 40.9 Å². The minimum absolute atomic E-state index is 0.0544. The predicted molar refractivity (Wildman–Crippen MR) is 130 cm³/mol. The molecule has 4 nitrogen and oxygen atoms in total. The van der Waals surface area contributed by atoms with Crippen LogP contribution in [-0.2, 0) is 4.79 Å². The summed E-state index contributed by atoms with van der Waals surface area (Å²) in [6.45, 7) is 9.03. The zero-order chi connectivity index (χ0) is 30.2. The molecule has 1 amide bonds. The number of allylic oxidation sites excluding steroid dienone is 3. The molecule has 0 bridgehead atoms. The number of amides is 1. The SMILES string of the molecule is C=C(/C(=C(/C(C)=O)N(C)C)C(F)(F)F)C(F)(F)C(F)(F)F.CCC.Cc1ccc(Cl)c(C(=O)NC2CC2)c1. The summed E-state index contributed by atoms with van der Waals surface area (Å²) in [6, 6.07) is 5.86. The van der Waals surface area contributed by atoms with E-state index in [2.05, 4.69) is 25.7 Å². The maximum atomic E-state index is 13.1. The predicted octanol–water partition coefficient (Wildman–Crippen LogP) is 7.66. The van der Waals surface area contributed by atoms with E-state index >= 15 is 0 Å². The number of rotatable bonds is 6. The summed E-state index contributed by atoms with van der Waals surface area (Å²) < 4.78 is 101. The molecule has 216 valence electrons. The Labute approximate surface area is 221 Å². The normalized spacial score (nSPS) is 14.2. The van der Waals surface area contributed by atoms with Crippen LogP contribution in [-0.4, -0.2) is 55.0 Å². The van der Waals surface area contributed by atoms with E-state index in [4.69, 9.17) is 11.6 Å². The average molecular weight is 579 g/mol. The summed E-state index contributed by atoms with van der Waals surface area (Å²) in [5, 5.41) is 3.44. The molecule has 0 unspecified atom stereocenters. The van der Waals surface area contributed by atoms with Crippen LogP contribution < -0.4 is 5.32 Å². The molecule has 0 radical (unpaired) electrons. The Balaban J connectivity index is 0.000000688. The van der Waals surface area contributed by atoms with Crippen molar-refractivity contribution in [3.8, 4) is 0 Å². The number of Topliss-reactive ketones (excluding diaryl/α,β-unsaturated/α-hetero) is 1. The van der Waals surface area contributed by atoms with Crippen molar-refractivity contribution in [3.63, 3.8) is 0 Å². The van der Waals surface area contributed by atoms with Crippen LogP contribution in [0.25, 0.3) is 0 Å². The molecule has 0 spiro atoms. The molecule has 0 saturated heterocycles. The van der Waals surface area contributed by atoms with Gasteiger partial charge in [0.25, 0.3) is 5.91 Å². The number of hydrogen-bond donors (Lipinski definition) is 1. The van der Waals surface area contributed by atoms with Gasteiger partial charge >= 0.3 is 18.3 Å². The largest absolute Gasteiger partial charge is 0.458 e. The van der Waals surface area contributed by atoms with Crippen molar-refractivity contribution in [2.75, 3.05) is 14.1 Å². The number of alkyl halides is 8. The van der Waals surface area contributed by atoms with Crippen LogP contribution in [0, 0.1) is 6.92 Å². The number of carbonyl (C=O) groups excluding carboxylic acids is 2. The number of likely N-dealkylation sites (N-methyl/N-ethyl adjacent to an activating group) is 1. The Morgan fingerprint density at radius 1 is 1.05 bits per heavy atom. The van der Waals surface area contributed by atoms with Crippen molar-refractivity contribution in [3.05, 3.63) is 57.8 Å². The van der Waals surface area contributed by atoms with Crippen molar-refractivity contribution in [2.45, 2.75) is 71.3 Å². The molecular formula is C25H31ClF8N2O2. The highest BCUT2D eigenvalue weighted by Gasteiger charge is 2.63. The van der Waals surface area contributed by atoms with E-state index in [0.29, 0.717) is 28.5 Å². The zero-order valence-corrected chi connectivity index (χ0v) is 22.6. The third kappa shape index (κ3) is 10.3. The number of carbonyl (C=O) groups is 2. The summed E-state index contributed by atoms with van der Waals surface area (Å²) in [4.78, 5) is 23.4. The molecule has 1 fully saturated rings. The van der Waals surface area contributed by atoms with Crippen molar-refractivity contribution < 1.29 is 44.7 Å². The third-order valence-corrected chi connectivity index (χ3v) is 4.95. The molecule has 0 atom stereocenters. The van der Waals surface area contributed by atoms with E-state index in [9.17, 15) is 44.7 Å². The van der Waals surface area contributed by atoms with Gasteiger partial charge in [0.1, 0.15) is 0 Å². The van der Waals surface area contributed by atoms with Crippen LogP contribution in [0.3, 0.4) is 0 Å². The summed E-state index contributed by atoms with van der Waals surface area (Å²) in [5.74, 6) is -7.21. The van der Waals surface area contributed by atoms with E-state index in [1.54, 1.807) is 6.07 Å². The summed E-state index contributed by atoms with van der Waals surface area (Å²) in [5.41, 5.74) is -4.63. The molecule has 1 aliphatic carbocycles. The van der Waals surface area contributed by atoms with Gasteiger partial charge in [-0.25, -0.2) is 0 Å². The van der Waals surface area contributed by atoms with Crippen molar-refractivity contribution in [2.24, 2.45) is 0 Å². The van der Waals surface area contributed by atoms with Crippen LogP contribution in [0.5, 0.6) is 0 Å². The minimum atomic E-state index is -6.27. The first-order chi connectivity index (χ1) is 17.1. The lowest BCUT2D eigenvalue weighted by atomic mass is 9.96. The van der Waals surface area contributed by atoms with Crippen molar-refractivity contribution in [1.29, 1.82) is 0 Å². The van der Waals surface area contributed by atoms with Gasteiger partial charge < -0.3 is 10.2 Å². The lowest BCUT2D eigenvalue weighted by molar-refractivity contribution is -0.264. The Bertz CT molecular complexity index is 1030. The first-order valence-corrected chi connectivity index (χ1v) is 11.7.